The molecule has 110 valence electrons. The number of anilines is 1. The van der Waals surface area contributed by atoms with Crippen LogP contribution in [0, 0.1) is 20.8 Å². The van der Waals surface area contributed by atoms with Crippen molar-refractivity contribution in [2.75, 3.05) is 5.32 Å². The van der Waals surface area contributed by atoms with Gasteiger partial charge < -0.3 is 5.32 Å². The number of ketones is 1. The molecule has 2 aromatic rings. The molecule has 5 nitrogen and oxygen atoms in total. The second-order valence-electron chi connectivity index (χ2n) is 4.92. The van der Waals surface area contributed by atoms with E-state index in [1.165, 1.54) is 0 Å². The zero-order valence-corrected chi connectivity index (χ0v) is 13.1. The van der Waals surface area contributed by atoms with Crippen LogP contribution in [0.15, 0.2) is 18.2 Å². The minimum absolute atomic E-state index is 0.341. The smallest absolute Gasteiger partial charge is 0.296 e. The van der Waals surface area contributed by atoms with Gasteiger partial charge in [0.2, 0.25) is 0 Å². The molecule has 0 bridgehead atoms. The highest BCUT2D eigenvalue weighted by molar-refractivity contribution is 6.47. The predicted molar refractivity (Wildman–Crippen MR) is 81.8 cm³/mol. The number of nitrogens with zero attached hydrogens (tertiary/aromatic N) is 2. The molecule has 0 aliphatic heterocycles. The number of halogens is 1. The number of hydrogen-bond donors (Lipinski definition) is 1. The minimum Gasteiger partial charge on any atom is -0.319 e. The molecule has 0 aliphatic carbocycles. The highest BCUT2D eigenvalue weighted by Crippen LogP contribution is 2.20. The fraction of sp³-hybridized carbons (Fsp3) is 0.267. The average molecular weight is 306 g/mol. The van der Waals surface area contributed by atoms with Crippen LogP contribution in [0.1, 0.15) is 27.3 Å². The maximum absolute atomic E-state index is 12.3. The molecule has 0 radical (unpaired) electrons. The van der Waals surface area contributed by atoms with Gasteiger partial charge in [0.1, 0.15) is 0 Å². The topological polar surface area (TPSA) is 64.0 Å². The van der Waals surface area contributed by atoms with Crippen LogP contribution in [-0.4, -0.2) is 21.5 Å². The molecule has 1 aromatic heterocycles. The first-order valence-electron chi connectivity index (χ1n) is 6.43. The Morgan fingerprint density at radius 3 is 2.43 bits per heavy atom. The summed E-state index contributed by atoms with van der Waals surface area (Å²) in [5.74, 6) is -1.30. The molecule has 6 heteroatoms. The van der Waals surface area contributed by atoms with Crippen molar-refractivity contribution >= 4 is 29.0 Å². The molecule has 0 saturated carbocycles. The lowest BCUT2D eigenvalue weighted by Crippen LogP contribution is -2.24. The highest BCUT2D eigenvalue weighted by Gasteiger charge is 2.23. The predicted octanol–water partition coefficient (Wildman–Crippen LogP) is 2.82. The summed E-state index contributed by atoms with van der Waals surface area (Å²) in [4.78, 5) is 24.3. The summed E-state index contributed by atoms with van der Waals surface area (Å²) in [6.07, 6.45) is 0. The lowest BCUT2D eigenvalue weighted by atomic mass is 10.1. The first-order valence-corrected chi connectivity index (χ1v) is 6.81. The van der Waals surface area contributed by atoms with Gasteiger partial charge in [-0.3, -0.25) is 14.3 Å². The number of amides is 1. The highest BCUT2D eigenvalue weighted by atomic mass is 35.5. The molecule has 0 spiro atoms. The van der Waals surface area contributed by atoms with Gasteiger partial charge in [0, 0.05) is 23.5 Å². The summed E-state index contributed by atoms with van der Waals surface area (Å²) in [5.41, 5.74) is 2.93. The van der Waals surface area contributed by atoms with Gasteiger partial charge in [-0.2, -0.15) is 5.10 Å². The Bertz CT molecular complexity index is 735. The van der Waals surface area contributed by atoms with Crippen molar-refractivity contribution in [1.82, 2.24) is 9.78 Å². The van der Waals surface area contributed by atoms with Crippen LogP contribution < -0.4 is 5.32 Å². The molecule has 1 N–H and O–H groups in total. The van der Waals surface area contributed by atoms with Crippen LogP contribution in [0.25, 0.3) is 0 Å². The fourth-order valence-electron chi connectivity index (χ4n) is 2.07. The maximum atomic E-state index is 12.3. The Balaban J connectivity index is 2.23. The van der Waals surface area contributed by atoms with E-state index in [1.54, 1.807) is 43.8 Å². The van der Waals surface area contributed by atoms with Gasteiger partial charge in [0.15, 0.2) is 0 Å². The van der Waals surface area contributed by atoms with Gasteiger partial charge in [-0.25, -0.2) is 0 Å². The second-order valence-corrected chi connectivity index (χ2v) is 5.32. The summed E-state index contributed by atoms with van der Waals surface area (Å²) >= 11 is 6.00. The van der Waals surface area contributed by atoms with E-state index >= 15 is 0 Å². The summed E-state index contributed by atoms with van der Waals surface area (Å²) in [6, 6.07) is 5.10. The minimum atomic E-state index is -0.700. The van der Waals surface area contributed by atoms with Gasteiger partial charge in [-0.05, 0) is 38.5 Å². The van der Waals surface area contributed by atoms with Crippen LogP contribution in [0.5, 0.6) is 0 Å². The van der Waals surface area contributed by atoms with Crippen LogP contribution in [0.4, 0.5) is 5.69 Å². The van der Waals surface area contributed by atoms with Gasteiger partial charge >= 0.3 is 0 Å². The summed E-state index contributed by atoms with van der Waals surface area (Å²) in [6.45, 7) is 5.32. The SMILES string of the molecule is Cc1ccc(NC(=O)C(=O)c2c(C)nn(C)c2C)cc1Cl. The molecule has 0 aliphatic rings. The molecule has 2 rings (SSSR count). The number of Topliss-reactive ketones (excluding diaryl/α,β-unsaturated/α-hetero) is 1. The standard InChI is InChI=1S/C15H16ClN3O2/c1-8-5-6-11(7-12(8)16)17-15(21)14(20)13-9(2)18-19(4)10(13)3/h5-7H,1-4H3,(H,17,21). The Morgan fingerprint density at radius 2 is 1.90 bits per heavy atom. The number of carbonyl (C=O) groups is 2. The number of carbonyl (C=O) groups excluding carboxylic acids is 2. The van der Waals surface area contributed by atoms with E-state index in [2.05, 4.69) is 10.4 Å². The molecule has 0 atom stereocenters. The summed E-state index contributed by atoms with van der Waals surface area (Å²) < 4.78 is 1.58. The molecular formula is C15H16ClN3O2. The van der Waals surface area contributed by atoms with Crippen molar-refractivity contribution in [2.24, 2.45) is 7.05 Å². The largest absolute Gasteiger partial charge is 0.319 e. The summed E-state index contributed by atoms with van der Waals surface area (Å²) in [7, 11) is 1.73. The van der Waals surface area contributed by atoms with E-state index in [-0.39, 0.29) is 0 Å². The Kier molecular flexibility index (Phi) is 4.14. The van der Waals surface area contributed by atoms with Crippen molar-refractivity contribution in [3.63, 3.8) is 0 Å². The van der Waals surface area contributed by atoms with E-state index in [0.29, 0.717) is 27.7 Å². The van der Waals surface area contributed by atoms with Gasteiger partial charge in [0.25, 0.3) is 11.7 Å². The Labute approximate surface area is 127 Å². The quantitative estimate of drug-likeness (QED) is 0.700. The van der Waals surface area contributed by atoms with Crippen molar-refractivity contribution in [3.8, 4) is 0 Å². The van der Waals surface area contributed by atoms with Gasteiger partial charge in [-0.1, -0.05) is 17.7 Å². The van der Waals surface area contributed by atoms with E-state index in [9.17, 15) is 9.59 Å². The van der Waals surface area contributed by atoms with Crippen LogP contribution in [0.2, 0.25) is 5.02 Å². The first kappa shape index (κ1) is 15.3. The third-order valence-electron chi connectivity index (χ3n) is 3.37. The lowest BCUT2D eigenvalue weighted by Gasteiger charge is -2.06. The van der Waals surface area contributed by atoms with E-state index in [0.717, 1.165) is 5.56 Å². The maximum Gasteiger partial charge on any atom is 0.296 e. The summed E-state index contributed by atoms with van der Waals surface area (Å²) in [5, 5.41) is 7.24. The van der Waals surface area contributed by atoms with E-state index in [1.807, 2.05) is 6.92 Å². The Morgan fingerprint density at radius 1 is 1.24 bits per heavy atom. The molecule has 0 unspecified atom stereocenters. The molecule has 1 heterocycles. The second kappa shape index (κ2) is 5.69. The third-order valence-corrected chi connectivity index (χ3v) is 3.78. The van der Waals surface area contributed by atoms with Crippen molar-refractivity contribution in [3.05, 3.63) is 45.7 Å². The molecule has 1 amide bonds. The van der Waals surface area contributed by atoms with Gasteiger partial charge in [0.05, 0.1) is 11.3 Å². The van der Waals surface area contributed by atoms with Crippen molar-refractivity contribution < 1.29 is 9.59 Å². The van der Waals surface area contributed by atoms with Crippen LogP contribution >= 0.6 is 11.6 Å². The normalized spacial score (nSPS) is 10.5. The van der Waals surface area contributed by atoms with Crippen LogP contribution in [0.3, 0.4) is 0 Å². The van der Waals surface area contributed by atoms with Crippen molar-refractivity contribution in [1.29, 1.82) is 0 Å². The fourth-order valence-corrected chi connectivity index (χ4v) is 2.25. The number of aryl methyl sites for hydroxylation is 3. The number of aromatic nitrogens is 2. The Hall–Kier alpha value is -2.14. The molecular weight excluding hydrogens is 290 g/mol. The van der Waals surface area contributed by atoms with E-state index < -0.39 is 11.7 Å². The number of rotatable bonds is 3. The van der Waals surface area contributed by atoms with Crippen molar-refractivity contribution in [2.45, 2.75) is 20.8 Å². The third kappa shape index (κ3) is 2.97. The molecule has 0 fully saturated rings. The number of hydrogen-bond acceptors (Lipinski definition) is 3. The monoisotopic (exact) mass is 305 g/mol. The first-order chi connectivity index (χ1) is 9.81. The lowest BCUT2D eigenvalue weighted by molar-refractivity contribution is -0.112. The zero-order valence-electron chi connectivity index (χ0n) is 12.3. The van der Waals surface area contributed by atoms with Crippen LogP contribution in [-0.2, 0) is 11.8 Å². The van der Waals surface area contributed by atoms with E-state index in [4.69, 9.17) is 11.6 Å². The molecule has 21 heavy (non-hydrogen) atoms. The van der Waals surface area contributed by atoms with Gasteiger partial charge in [-0.15, -0.1) is 0 Å². The average Bonchev–Trinajstić information content (AvgIpc) is 2.67. The number of nitrogens with one attached hydrogen (secondary N) is 1. The molecule has 0 saturated heterocycles. The number of benzene rings is 1. The zero-order chi connectivity index (χ0) is 15.7. The molecule has 1 aromatic carbocycles.